The van der Waals surface area contributed by atoms with Crippen LogP contribution in [0, 0.1) is 6.92 Å². The summed E-state index contributed by atoms with van der Waals surface area (Å²) in [7, 11) is 0. The summed E-state index contributed by atoms with van der Waals surface area (Å²) in [6, 6.07) is 0. The van der Waals surface area contributed by atoms with Crippen molar-refractivity contribution in [3.8, 4) is 0 Å². The van der Waals surface area contributed by atoms with Crippen LogP contribution >= 0.6 is 11.3 Å². The fraction of sp³-hybridized carbons (Fsp3) is 0.429. The Kier molecular flexibility index (Phi) is 2.78. The average Bonchev–Trinajstić information content (AvgIpc) is 2.29. The van der Waals surface area contributed by atoms with Gasteiger partial charge in [0.1, 0.15) is 5.01 Å². The zero-order valence-electron chi connectivity index (χ0n) is 6.70. The zero-order valence-corrected chi connectivity index (χ0v) is 7.52. The Hall–Kier alpha value is -0.940. The summed E-state index contributed by atoms with van der Waals surface area (Å²) in [5.41, 5.74) is 6.26. The van der Waals surface area contributed by atoms with Crippen LogP contribution in [0.4, 0.5) is 0 Å². The Labute approximate surface area is 74.0 Å². The maximum absolute atomic E-state index is 10.3. The molecule has 0 fully saturated rings. The molecular weight excluding hydrogens is 176 g/mol. The summed E-state index contributed by atoms with van der Waals surface area (Å²) >= 11 is 1.37. The van der Waals surface area contributed by atoms with Crippen LogP contribution in [0.2, 0.25) is 0 Å². The standard InChI is InChI=1S/C7H10N2O2S/c1-4-5(3-8)12-6(9-4)2-7(10)11/h2-3,8H2,1H3,(H,10,11). The van der Waals surface area contributed by atoms with E-state index in [-0.39, 0.29) is 6.42 Å². The van der Waals surface area contributed by atoms with Crippen molar-refractivity contribution in [2.45, 2.75) is 19.9 Å². The number of carboxylic acid groups (broad SMARTS) is 1. The molecule has 0 spiro atoms. The van der Waals surface area contributed by atoms with Crippen LogP contribution in [-0.4, -0.2) is 16.1 Å². The van der Waals surface area contributed by atoms with Crippen molar-refractivity contribution in [2.75, 3.05) is 0 Å². The lowest BCUT2D eigenvalue weighted by Crippen LogP contribution is -1.98. The summed E-state index contributed by atoms with van der Waals surface area (Å²) in [5, 5.41) is 9.10. The zero-order chi connectivity index (χ0) is 9.14. The highest BCUT2D eigenvalue weighted by Gasteiger charge is 2.08. The third-order valence-electron chi connectivity index (χ3n) is 1.42. The summed E-state index contributed by atoms with van der Waals surface area (Å²) in [5.74, 6) is -0.854. The van der Waals surface area contributed by atoms with E-state index in [2.05, 4.69) is 4.98 Å². The van der Waals surface area contributed by atoms with E-state index in [4.69, 9.17) is 10.8 Å². The lowest BCUT2D eigenvalue weighted by Gasteiger charge is -1.86. The number of nitrogens with two attached hydrogens (primary N) is 1. The average molecular weight is 186 g/mol. The van der Waals surface area contributed by atoms with Gasteiger partial charge in [0.05, 0.1) is 12.1 Å². The van der Waals surface area contributed by atoms with Crippen molar-refractivity contribution in [2.24, 2.45) is 5.73 Å². The van der Waals surface area contributed by atoms with Crippen LogP contribution in [0.15, 0.2) is 0 Å². The minimum atomic E-state index is -0.854. The fourth-order valence-corrected chi connectivity index (χ4v) is 1.82. The SMILES string of the molecule is Cc1nc(CC(=O)O)sc1CN. The van der Waals surface area contributed by atoms with Gasteiger partial charge in [-0.05, 0) is 6.92 Å². The van der Waals surface area contributed by atoms with Gasteiger partial charge in [0.2, 0.25) is 0 Å². The van der Waals surface area contributed by atoms with Crippen molar-refractivity contribution < 1.29 is 9.90 Å². The molecule has 0 amide bonds. The molecule has 0 atom stereocenters. The molecule has 66 valence electrons. The van der Waals surface area contributed by atoms with Gasteiger partial charge in [-0.3, -0.25) is 4.79 Å². The number of hydrogen-bond acceptors (Lipinski definition) is 4. The predicted octanol–water partition coefficient (Wildman–Crippen LogP) is 0.537. The number of carboxylic acids is 1. The highest BCUT2D eigenvalue weighted by molar-refractivity contribution is 7.11. The first-order valence-electron chi connectivity index (χ1n) is 3.50. The van der Waals surface area contributed by atoms with Gasteiger partial charge in [-0.2, -0.15) is 0 Å². The highest BCUT2D eigenvalue weighted by Crippen LogP contribution is 2.17. The third-order valence-corrected chi connectivity index (χ3v) is 2.60. The normalized spacial score (nSPS) is 10.2. The maximum Gasteiger partial charge on any atom is 0.310 e. The van der Waals surface area contributed by atoms with E-state index in [1.54, 1.807) is 0 Å². The number of aliphatic carboxylic acids is 1. The first-order chi connectivity index (χ1) is 5.63. The third kappa shape index (κ3) is 2.02. The Morgan fingerprint density at radius 1 is 1.75 bits per heavy atom. The number of nitrogens with zero attached hydrogens (tertiary/aromatic N) is 1. The molecule has 0 saturated heterocycles. The van der Waals surface area contributed by atoms with Gasteiger partial charge in [0.25, 0.3) is 0 Å². The molecule has 12 heavy (non-hydrogen) atoms. The molecule has 5 heteroatoms. The number of aryl methyl sites for hydroxylation is 1. The smallest absolute Gasteiger partial charge is 0.310 e. The molecule has 0 aliphatic rings. The minimum Gasteiger partial charge on any atom is -0.481 e. The Bertz CT molecular complexity index is 296. The first-order valence-corrected chi connectivity index (χ1v) is 4.32. The second-order valence-corrected chi connectivity index (χ2v) is 3.56. The molecule has 0 saturated carbocycles. The highest BCUT2D eigenvalue weighted by atomic mass is 32.1. The summed E-state index contributed by atoms with van der Waals surface area (Å²) in [6.45, 7) is 2.27. The van der Waals surface area contributed by atoms with Gasteiger partial charge >= 0.3 is 5.97 Å². The Morgan fingerprint density at radius 3 is 2.83 bits per heavy atom. The number of carbonyl (C=O) groups is 1. The number of hydrogen-bond donors (Lipinski definition) is 2. The van der Waals surface area contributed by atoms with Crippen LogP contribution in [-0.2, 0) is 17.8 Å². The monoisotopic (exact) mass is 186 g/mol. The Balaban J connectivity index is 2.82. The van der Waals surface area contributed by atoms with E-state index in [1.165, 1.54) is 11.3 Å². The van der Waals surface area contributed by atoms with E-state index in [0.29, 0.717) is 11.6 Å². The number of thiazole rings is 1. The first kappa shape index (κ1) is 9.15. The molecule has 0 aliphatic heterocycles. The van der Waals surface area contributed by atoms with Crippen LogP contribution in [0.1, 0.15) is 15.6 Å². The Morgan fingerprint density at radius 2 is 2.42 bits per heavy atom. The molecule has 0 bridgehead atoms. The van der Waals surface area contributed by atoms with Crippen LogP contribution in [0.3, 0.4) is 0 Å². The molecule has 1 heterocycles. The lowest BCUT2D eigenvalue weighted by atomic mass is 10.4. The van der Waals surface area contributed by atoms with E-state index in [1.807, 2.05) is 6.92 Å². The van der Waals surface area contributed by atoms with Gasteiger partial charge in [0.15, 0.2) is 0 Å². The maximum atomic E-state index is 10.3. The van der Waals surface area contributed by atoms with Crippen molar-refractivity contribution in [1.82, 2.24) is 4.98 Å². The molecule has 4 nitrogen and oxygen atoms in total. The molecule has 0 radical (unpaired) electrons. The van der Waals surface area contributed by atoms with E-state index in [9.17, 15) is 4.79 Å². The minimum absolute atomic E-state index is 0.00843. The summed E-state index contributed by atoms with van der Waals surface area (Å²) in [6.07, 6.45) is -0.00843. The van der Waals surface area contributed by atoms with Gasteiger partial charge < -0.3 is 10.8 Å². The molecular formula is C7H10N2O2S. The largest absolute Gasteiger partial charge is 0.481 e. The topological polar surface area (TPSA) is 76.2 Å². The van der Waals surface area contributed by atoms with Crippen molar-refractivity contribution in [1.29, 1.82) is 0 Å². The predicted molar refractivity (Wildman–Crippen MR) is 46.1 cm³/mol. The second kappa shape index (κ2) is 3.64. The summed E-state index contributed by atoms with van der Waals surface area (Å²) < 4.78 is 0. The second-order valence-electron chi connectivity index (χ2n) is 2.39. The molecule has 1 aromatic heterocycles. The van der Waals surface area contributed by atoms with E-state index in [0.717, 1.165) is 10.6 Å². The summed E-state index contributed by atoms with van der Waals surface area (Å²) in [4.78, 5) is 15.4. The van der Waals surface area contributed by atoms with Crippen molar-refractivity contribution >= 4 is 17.3 Å². The molecule has 0 unspecified atom stereocenters. The van der Waals surface area contributed by atoms with Crippen LogP contribution < -0.4 is 5.73 Å². The van der Waals surface area contributed by atoms with Crippen LogP contribution in [0.25, 0.3) is 0 Å². The van der Waals surface area contributed by atoms with Crippen molar-refractivity contribution in [3.05, 3.63) is 15.6 Å². The fourth-order valence-electron chi connectivity index (χ4n) is 0.883. The van der Waals surface area contributed by atoms with Crippen molar-refractivity contribution in [3.63, 3.8) is 0 Å². The number of rotatable bonds is 3. The molecule has 3 N–H and O–H groups in total. The quantitative estimate of drug-likeness (QED) is 0.722. The van der Waals surface area contributed by atoms with E-state index >= 15 is 0 Å². The molecule has 1 aromatic rings. The van der Waals surface area contributed by atoms with Gasteiger partial charge in [-0.1, -0.05) is 0 Å². The number of aromatic nitrogens is 1. The van der Waals surface area contributed by atoms with Gasteiger partial charge in [-0.25, -0.2) is 4.98 Å². The molecule has 1 rings (SSSR count). The van der Waals surface area contributed by atoms with Gasteiger partial charge in [0, 0.05) is 11.4 Å². The molecule has 0 aliphatic carbocycles. The van der Waals surface area contributed by atoms with E-state index < -0.39 is 5.97 Å². The lowest BCUT2D eigenvalue weighted by molar-refractivity contribution is -0.136. The van der Waals surface area contributed by atoms with Crippen LogP contribution in [0.5, 0.6) is 0 Å². The molecule has 0 aromatic carbocycles. The van der Waals surface area contributed by atoms with Gasteiger partial charge in [-0.15, -0.1) is 11.3 Å².